The highest BCUT2D eigenvalue weighted by molar-refractivity contribution is 5.50. The summed E-state index contributed by atoms with van der Waals surface area (Å²) in [4.78, 5) is 2.06. The van der Waals surface area contributed by atoms with Crippen molar-refractivity contribution in [1.82, 2.24) is 5.32 Å². The van der Waals surface area contributed by atoms with Gasteiger partial charge in [0.2, 0.25) is 0 Å². The molecular formula is C14H19FN2. The Balaban J connectivity index is 1.68. The SMILES string of the molecule is CN(c1ccc(CNC2CC2)cc1F)C1CC1. The molecule has 17 heavy (non-hydrogen) atoms. The van der Waals surface area contributed by atoms with E-state index >= 15 is 0 Å². The summed E-state index contributed by atoms with van der Waals surface area (Å²) in [5.41, 5.74) is 1.78. The van der Waals surface area contributed by atoms with Crippen molar-refractivity contribution < 1.29 is 4.39 Å². The number of anilines is 1. The quantitative estimate of drug-likeness (QED) is 0.842. The molecule has 0 heterocycles. The Kier molecular flexibility index (Phi) is 2.79. The molecule has 0 atom stereocenters. The van der Waals surface area contributed by atoms with Crippen LogP contribution in [0.4, 0.5) is 10.1 Å². The third kappa shape index (κ3) is 2.60. The van der Waals surface area contributed by atoms with Crippen molar-refractivity contribution in [2.24, 2.45) is 0 Å². The molecule has 92 valence electrons. The molecule has 2 aliphatic rings. The van der Waals surface area contributed by atoms with Crippen molar-refractivity contribution in [2.45, 2.75) is 44.3 Å². The fourth-order valence-corrected chi connectivity index (χ4v) is 2.15. The van der Waals surface area contributed by atoms with Crippen LogP contribution < -0.4 is 10.2 Å². The fraction of sp³-hybridized carbons (Fsp3) is 0.571. The molecular weight excluding hydrogens is 215 g/mol. The molecule has 0 aromatic heterocycles. The van der Waals surface area contributed by atoms with Crippen molar-refractivity contribution in [1.29, 1.82) is 0 Å². The van der Waals surface area contributed by atoms with Crippen molar-refractivity contribution in [3.05, 3.63) is 29.6 Å². The molecule has 1 N–H and O–H groups in total. The summed E-state index contributed by atoms with van der Waals surface area (Å²) in [6.45, 7) is 0.787. The Morgan fingerprint density at radius 2 is 2.06 bits per heavy atom. The van der Waals surface area contributed by atoms with E-state index in [1.807, 2.05) is 19.2 Å². The molecule has 3 heteroatoms. The molecule has 0 amide bonds. The molecule has 2 aliphatic carbocycles. The Hall–Kier alpha value is -1.09. The monoisotopic (exact) mass is 234 g/mol. The predicted octanol–water partition coefficient (Wildman–Crippen LogP) is 2.68. The molecule has 2 nitrogen and oxygen atoms in total. The zero-order chi connectivity index (χ0) is 11.8. The smallest absolute Gasteiger partial charge is 0.146 e. The van der Waals surface area contributed by atoms with Crippen LogP contribution in [0, 0.1) is 5.82 Å². The Morgan fingerprint density at radius 1 is 1.29 bits per heavy atom. The molecule has 0 bridgehead atoms. The number of nitrogens with zero attached hydrogens (tertiary/aromatic N) is 1. The van der Waals surface area contributed by atoms with E-state index in [-0.39, 0.29) is 5.82 Å². The van der Waals surface area contributed by atoms with Gasteiger partial charge in [0.05, 0.1) is 5.69 Å². The maximum absolute atomic E-state index is 14.0. The van der Waals surface area contributed by atoms with Crippen LogP contribution >= 0.6 is 0 Å². The lowest BCUT2D eigenvalue weighted by Crippen LogP contribution is -2.21. The fourth-order valence-electron chi connectivity index (χ4n) is 2.15. The second kappa shape index (κ2) is 4.30. The van der Waals surface area contributed by atoms with Crippen LogP contribution in [0.15, 0.2) is 18.2 Å². The Morgan fingerprint density at radius 3 is 2.65 bits per heavy atom. The minimum Gasteiger partial charge on any atom is -0.369 e. The average Bonchev–Trinajstić information content (AvgIpc) is 3.17. The van der Waals surface area contributed by atoms with Crippen LogP contribution in [0.3, 0.4) is 0 Å². The van der Waals surface area contributed by atoms with Gasteiger partial charge >= 0.3 is 0 Å². The first-order valence-electron chi connectivity index (χ1n) is 6.48. The van der Waals surface area contributed by atoms with Gasteiger partial charge in [-0.15, -0.1) is 0 Å². The average molecular weight is 234 g/mol. The molecule has 0 aliphatic heterocycles. The zero-order valence-corrected chi connectivity index (χ0v) is 10.2. The van der Waals surface area contributed by atoms with Gasteiger partial charge in [-0.1, -0.05) is 6.07 Å². The zero-order valence-electron chi connectivity index (χ0n) is 10.2. The summed E-state index contributed by atoms with van der Waals surface area (Å²) in [6.07, 6.45) is 4.93. The molecule has 2 saturated carbocycles. The Bertz CT molecular complexity index is 411. The topological polar surface area (TPSA) is 15.3 Å². The standard InChI is InChI=1S/C14H19FN2/c1-17(12-5-6-12)14-7-2-10(8-13(14)15)9-16-11-3-4-11/h2,7-8,11-12,16H,3-6,9H2,1H3. The number of hydrogen-bond donors (Lipinski definition) is 1. The first kappa shape index (κ1) is 11.0. The maximum Gasteiger partial charge on any atom is 0.146 e. The van der Waals surface area contributed by atoms with Gasteiger partial charge in [0.1, 0.15) is 5.82 Å². The second-order valence-electron chi connectivity index (χ2n) is 5.28. The second-order valence-corrected chi connectivity index (χ2v) is 5.28. The number of rotatable bonds is 5. The van der Waals surface area contributed by atoms with Gasteiger partial charge < -0.3 is 10.2 Å². The van der Waals surface area contributed by atoms with Gasteiger partial charge in [0.25, 0.3) is 0 Å². The minimum absolute atomic E-state index is 0.0884. The van der Waals surface area contributed by atoms with Gasteiger partial charge in [-0.05, 0) is 43.4 Å². The van der Waals surface area contributed by atoms with Crippen LogP contribution in [-0.4, -0.2) is 19.1 Å². The van der Waals surface area contributed by atoms with Crippen molar-refractivity contribution in [2.75, 3.05) is 11.9 Å². The summed E-state index contributed by atoms with van der Waals surface area (Å²) >= 11 is 0. The number of hydrogen-bond acceptors (Lipinski definition) is 2. The molecule has 1 aromatic rings. The van der Waals surface area contributed by atoms with Crippen LogP contribution in [0.25, 0.3) is 0 Å². The highest BCUT2D eigenvalue weighted by Crippen LogP contribution is 2.32. The Labute approximate surface area is 102 Å². The van der Waals surface area contributed by atoms with E-state index in [2.05, 4.69) is 10.2 Å². The van der Waals surface area contributed by atoms with Crippen LogP contribution in [0.1, 0.15) is 31.2 Å². The van der Waals surface area contributed by atoms with Gasteiger partial charge in [0.15, 0.2) is 0 Å². The van der Waals surface area contributed by atoms with Crippen molar-refractivity contribution >= 4 is 5.69 Å². The molecule has 1 aromatic carbocycles. The number of benzene rings is 1. The third-order valence-corrected chi connectivity index (χ3v) is 3.66. The first-order valence-corrected chi connectivity index (χ1v) is 6.48. The summed E-state index contributed by atoms with van der Waals surface area (Å²) < 4.78 is 14.0. The lowest BCUT2D eigenvalue weighted by atomic mass is 10.2. The lowest BCUT2D eigenvalue weighted by molar-refractivity contribution is 0.614. The van der Waals surface area contributed by atoms with E-state index in [4.69, 9.17) is 0 Å². The van der Waals surface area contributed by atoms with Gasteiger partial charge in [-0.2, -0.15) is 0 Å². The molecule has 0 unspecified atom stereocenters. The molecule has 2 fully saturated rings. The van der Waals surface area contributed by atoms with Crippen LogP contribution in [0.5, 0.6) is 0 Å². The van der Waals surface area contributed by atoms with Gasteiger partial charge in [-0.3, -0.25) is 0 Å². The number of halogens is 1. The summed E-state index contributed by atoms with van der Waals surface area (Å²) in [7, 11) is 1.98. The summed E-state index contributed by atoms with van der Waals surface area (Å²) in [5, 5.41) is 3.40. The largest absolute Gasteiger partial charge is 0.369 e. The third-order valence-electron chi connectivity index (χ3n) is 3.66. The van der Waals surface area contributed by atoms with E-state index in [1.165, 1.54) is 25.7 Å². The minimum atomic E-state index is -0.0884. The van der Waals surface area contributed by atoms with Gasteiger partial charge in [0, 0.05) is 25.7 Å². The lowest BCUT2D eigenvalue weighted by Gasteiger charge is -2.19. The molecule has 3 rings (SSSR count). The van der Waals surface area contributed by atoms with Crippen molar-refractivity contribution in [3.63, 3.8) is 0 Å². The van der Waals surface area contributed by atoms with E-state index in [0.29, 0.717) is 12.1 Å². The highest BCUT2D eigenvalue weighted by Gasteiger charge is 2.28. The normalized spacial score (nSPS) is 19.4. The predicted molar refractivity (Wildman–Crippen MR) is 67.7 cm³/mol. The van der Waals surface area contributed by atoms with E-state index in [0.717, 1.165) is 17.8 Å². The van der Waals surface area contributed by atoms with E-state index in [1.54, 1.807) is 6.07 Å². The molecule has 0 radical (unpaired) electrons. The summed E-state index contributed by atoms with van der Waals surface area (Å²) in [5.74, 6) is -0.0884. The number of nitrogens with one attached hydrogen (secondary N) is 1. The van der Waals surface area contributed by atoms with E-state index in [9.17, 15) is 4.39 Å². The van der Waals surface area contributed by atoms with E-state index < -0.39 is 0 Å². The first-order chi connectivity index (χ1) is 8.24. The van der Waals surface area contributed by atoms with Crippen LogP contribution in [0.2, 0.25) is 0 Å². The molecule has 0 spiro atoms. The van der Waals surface area contributed by atoms with Crippen LogP contribution in [-0.2, 0) is 6.54 Å². The maximum atomic E-state index is 14.0. The summed E-state index contributed by atoms with van der Waals surface area (Å²) in [6, 6.07) is 6.85. The van der Waals surface area contributed by atoms with Crippen molar-refractivity contribution in [3.8, 4) is 0 Å². The van der Waals surface area contributed by atoms with Gasteiger partial charge in [-0.25, -0.2) is 4.39 Å². The highest BCUT2D eigenvalue weighted by atomic mass is 19.1. The molecule has 0 saturated heterocycles.